The summed E-state index contributed by atoms with van der Waals surface area (Å²) >= 11 is 10.8. The number of aldehydes is 1. The smallest absolute Gasteiger partial charge is 0.175 e. The molecule has 1 heterocycles. The molecular formula is C14H12BrClO3S. The average Bonchev–Trinajstić information content (AvgIpc) is 2.83. The Kier molecular flexibility index (Phi) is 5.46. The molecule has 1 aromatic carbocycles. The lowest BCUT2D eigenvalue weighted by atomic mass is 10.2. The molecule has 0 amide bonds. The number of hydrogen-bond acceptors (Lipinski definition) is 4. The van der Waals surface area contributed by atoms with Crippen LogP contribution in [0.15, 0.2) is 28.7 Å². The summed E-state index contributed by atoms with van der Waals surface area (Å²) in [5.41, 5.74) is 0.534. The monoisotopic (exact) mass is 374 g/mol. The van der Waals surface area contributed by atoms with Gasteiger partial charge in [0.1, 0.15) is 12.9 Å². The number of thiophene rings is 1. The topological polar surface area (TPSA) is 35.5 Å². The molecule has 0 aliphatic carbocycles. The van der Waals surface area contributed by atoms with E-state index in [0.29, 0.717) is 34.7 Å². The third-order valence-corrected chi connectivity index (χ3v) is 4.25. The first-order valence-corrected chi connectivity index (χ1v) is 7.91. The van der Waals surface area contributed by atoms with E-state index in [1.807, 2.05) is 19.1 Å². The molecule has 0 unspecified atom stereocenters. The van der Waals surface area contributed by atoms with Crippen molar-refractivity contribution in [2.45, 2.75) is 13.5 Å². The maximum Gasteiger partial charge on any atom is 0.175 e. The van der Waals surface area contributed by atoms with Gasteiger partial charge in [-0.05, 0) is 47.1 Å². The minimum absolute atomic E-state index is 0.399. The Labute approximate surface area is 134 Å². The Morgan fingerprint density at radius 2 is 2.15 bits per heavy atom. The van der Waals surface area contributed by atoms with Crippen molar-refractivity contribution in [2.24, 2.45) is 0 Å². The highest BCUT2D eigenvalue weighted by atomic mass is 79.9. The zero-order valence-electron chi connectivity index (χ0n) is 10.7. The number of benzene rings is 1. The maximum atomic E-state index is 10.9. The lowest BCUT2D eigenvalue weighted by Crippen LogP contribution is -2.00. The van der Waals surface area contributed by atoms with Gasteiger partial charge in [-0.15, -0.1) is 11.3 Å². The van der Waals surface area contributed by atoms with Gasteiger partial charge < -0.3 is 9.47 Å². The standard InChI is InChI=1S/C14H12BrClO3S/c1-2-18-12-6-9(7-17)5-11(15)14(12)19-8-10-3-4-13(16)20-10/h3-7H,2,8H2,1H3. The van der Waals surface area contributed by atoms with Crippen molar-refractivity contribution in [2.75, 3.05) is 6.61 Å². The van der Waals surface area contributed by atoms with Crippen LogP contribution in [0.5, 0.6) is 11.5 Å². The van der Waals surface area contributed by atoms with E-state index in [9.17, 15) is 4.79 Å². The van der Waals surface area contributed by atoms with Gasteiger partial charge in [-0.3, -0.25) is 4.79 Å². The molecule has 0 aliphatic heterocycles. The molecule has 3 nitrogen and oxygen atoms in total. The number of rotatable bonds is 6. The van der Waals surface area contributed by atoms with Crippen LogP contribution in [0.4, 0.5) is 0 Å². The molecule has 2 aromatic rings. The summed E-state index contributed by atoms with van der Waals surface area (Å²) in [6.07, 6.45) is 0.774. The molecule has 6 heteroatoms. The largest absolute Gasteiger partial charge is 0.490 e. The predicted octanol–water partition coefficient (Wildman–Crippen LogP) is 4.95. The van der Waals surface area contributed by atoms with Crippen LogP contribution >= 0.6 is 38.9 Å². The van der Waals surface area contributed by atoms with E-state index in [1.165, 1.54) is 11.3 Å². The van der Waals surface area contributed by atoms with Gasteiger partial charge in [0.15, 0.2) is 11.5 Å². The van der Waals surface area contributed by atoms with Crippen molar-refractivity contribution in [1.82, 2.24) is 0 Å². The summed E-state index contributed by atoms with van der Waals surface area (Å²) in [5, 5.41) is 0. The maximum absolute atomic E-state index is 10.9. The van der Waals surface area contributed by atoms with Gasteiger partial charge in [-0.25, -0.2) is 0 Å². The molecule has 0 N–H and O–H groups in total. The zero-order chi connectivity index (χ0) is 14.5. The molecule has 1 aromatic heterocycles. The molecule has 0 saturated carbocycles. The van der Waals surface area contributed by atoms with Crippen LogP contribution in [-0.4, -0.2) is 12.9 Å². The quantitative estimate of drug-likeness (QED) is 0.670. The van der Waals surface area contributed by atoms with Crippen LogP contribution in [0.25, 0.3) is 0 Å². The minimum atomic E-state index is 0.399. The van der Waals surface area contributed by atoms with Crippen molar-refractivity contribution in [3.63, 3.8) is 0 Å². The molecule has 20 heavy (non-hydrogen) atoms. The van der Waals surface area contributed by atoms with E-state index < -0.39 is 0 Å². The Hall–Kier alpha value is -1.04. The number of halogens is 2. The number of hydrogen-bond donors (Lipinski definition) is 0. The van der Waals surface area contributed by atoms with Crippen LogP contribution in [0, 0.1) is 0 Å². The predicted molar refractivity (Wildman–Crippen MR) is 84.4 cm³/mol. The highest BCUT2D eigenvalue weighted by Gasteiger charge is 2.12. The van der Waals surface area contributed by atoms with E-state index in [-0.39, 0.29) is 0 Å². The van der Waals surface area contributed by atoms with E-state index in [0.717, 1.165) is 15.5 Å². The summed E-state index contributed by atoms with van der Waals surface area (Å²) in [7, 11) is 0. The second kappa shape index (κ2) is 7.11. The molecule has 0 atom stereocenters. The fourth-order valence-corrected chi connectivity index (χ4v) is 3.21. The molecule has 0 aliphatic rings. The Bertz CT molecular complexity index is 612. The van der Waals surface area contributed by atoms with E-state index in [2.05, 4.69) is 15.9 Å². The Balaban J connectivity index is 2.22. The number of carbonyl (C=O) groups is 1. The van der Waals surface area contributed by atoms with Gasteiger partial charge in [-0.2, -0.15) is 0 Å². The van der Waals surface area contributed by atoms with Crippen LogP contribution in [0.1, 0.15) is 22.2 Å². The fourth-order valence-electron chi connectivity index (χ4n) is 1.63. The summed E-state index contributed by atoms with van der Waals surface area (Å²) in [5.74, 6) is 1.13. The SMILES string of the molecule is CCOc1cc(C=O)cc(Br)c1OCc1ccc(Cl)s1. The lowest BCUT2D eigenvalue weighted by molar-refractivity contribution is 0.112. The van der Waals surface area contributed by atoms with Gasteiger partial charge in [0.25, 0.3) is 0 Å². The average molecular weight is 376 g/mol. The van der Waals surface area contributed by atoms with Crippen molar-refractivity contribution in [1.29, 1.82) is 0 Å². The molecule has 0 spiro atoms. The van der Waals surface area contributed by atoms with Gasteiger partial charge in [0, 0.05) is 10.4 Å². The molecule has 0 saturated heterocycles. The van der Waals surface area contributed by atoms with Crippen LogP contribution in [0.2, 0.25) is 4.34 Å². The van der Waals surface area contributed by atoms with Crippen LogP contribution in [-0.2, 0) is 6.61 Å². The molecule has 0 bridgehead atoms. The van der Waals surface area contributed by atoms with E-state index >= 15 is 0 Å². The third kappa shape index (κ3) is 3.75. The highest BCUT2D eigenvalue weighted by molar-refractivity contribution is 9.10. The summed E-state index contributed by atoms with van der Waals surface area (Å²) in [4.78, 5) is 11.9. The van der Waals surface area contributed by atoms with Crippen LogP contribution in [0.3, 0.4) is 0 Å². The van der Waals surface area contributed by atoms with Gasteiger partial charge in [-0.1, -0.05) is 11.6 Å². The van der Waals surface area contributed by atoms with E-state index in [4.69, 9.17) is 21.1 Å². The second-order valence-electron chi connectivity index (χ2n) is 3.88. The first-order valence-electron chi connectivity index (χ1n) is 5.92. The molecular weight excluding hydrogens is 364 g/mol. The lowest BCUT2D eigenvalue weighted by Gasteiger charge is -2.13. The number of carbonyl (C=O) groups excluding carboxylic acids is 1. The summed E-state index contributed by atoms with van der Waals surface area (Å²) in [6, 6.07) is 7.12. The Morgan fingerprint density at radius 3 is 2.75 bits per heavy atom. The van der Waals surface area contributed by atoms with Crippen molar-refractivity contribution in [3.8, 4) is 11.5 Å². The third-order valence-electron chi connectivity index (χ3n) is 2.46. The van der Waals surface area contributed by atoms with Crippen molar-refractivity contribution in [3.05, 3.63) is 43.5 Å². The normalized spacial score (nSPS) is 10.3. The van der Waals surface area contributed by atoms with Crippen LogP contribution < -0.4 is 9.47 Å². The summed E-state index contributed by atoms with van der Waals surface area (Å²) < 4.78 is 12.7. The van der Waals surface area contributed by atoms with Gasteiger partial charge in [0.05, 0.1) is 15.4 Å². The fraction of sp³-hybridized carbons (Fsp3) is 0.214. The molecule has 0 fully saturated rings. The molecule has 106 valence electrons. The zero-order valence-corrected chi connectivity index (χ0v) is 13.8. The van der Waals surface area contributed by atoms with Crippen molar-refractivity contribution < 1.29 is 14.3 Å². The highest BCUT2D eigenvalue weighted by Crippen LogP contribution is 2.37. The molecule has 2 rings (SSSR count). The van der Waals surface area contributed by atoms with Gasteiger partial charge in [0.2, 0.25) is 0 Å². The molecule has 0 radical (unpaired) electrons. The minimum Gasteiger partial charge on any atom is -0.490 e. The van der Waals surface area contributed by atoms with E-state index in [1.54, 1.807) is 12.1 Å². The van der Waals surface area contributed by atoms with Gasteiger partial charge >= 0.3 is 0 Å². The Morgan fingerprint density at radius 1 is 1.35 bits per heavy atom. The van der Waals surface area contributed by atoms with Crippen molar-refractivity contribution >= 4 is 45.2 Å². The first-order chi connectivity index (χ1) is 9.63. The second-order valence-corrected chi connectivity index (χ2v) is 6.53. The number of ether oxygens (including phenoxy) is 2. The summed E-state index contributed by atoms with van der Waals surface area (Å²) in [6.45, 7) is 2.77. The first kappa shape index (κ1) is 15.4.